The lowest BCUT2D eigenvalue weighted by Crippen LogP contribution is -1.97. The van der Waals surface area contributed by atoms with E-state index in [1.165, 1.54) is 12.3 Å². The second-order valence-electron chi connectivity index (χ2n) is 5.36. The maximum atomic E-state index is 11.3. The molecule has 0 amide bonds. The van der Waals surface area contributed by atoms with Gasteiger partial charge in [0.15, 0.2) is 0 Å². The van der Waals surface area contributed by atoms with Crippen LogP contribution in [0.25, 0.3) is 11.1 Å². The number of nitrogens with zero attached hydrogens (tertiary/aromatic N) is 1. The lowest BCUT2D eigenvalue weighted by atomic mass is 10.0. The van der Waals surface area contributed by atoms with Gasteiger partial charge in [0.2, 0.25) is 0 Å². The van der Waals surface area contributed by atoms with Crippen molar-refractivity contribution in [3.63, 3.8) is 0 Å². The van der Waals surface area contributed by atoms with Gasteiger partial charge in [0, 0.05) is 33.7 Å². The fourth-order valence-corrected chi connectivity index (χ4v) is 2.90. The molecule has 0 bridgehead atoms. The molecule has 5 nitrogen and oxygen atoms in total. The molecule has 3 aromatic rings. The van der Waals surface area contributed by atoms with Gasteiger partial charge in [-0.25, -0.2) is 0 Å². The smallest absolute Gasteiger partial charge is 0.277 e. The maximum absolute atomic E-state index is 11.3. The predicted molar refractivity (Wildman–Crippen MR) is 104 cm³/mol. The quantitative estimate of drug-likeness (QED) is 0.327. The fourth-order valence-electron chi connectivity index (χ4n) is 2.54. The van der Waals surface area contributed by atoms with Crippen molar-refractivity contribution in [1.29, 1.82) is 5.41 Å². The zero-order valence-electron chi connectivity index (χ0n) is 13.1. The van der Waals surface area contributed by atoms with Crippen molar-refractivity contribution in [2.45, 2.75) is 0 Å². The van der Waals surface area contributed by atoms with Crippen LogP contribution in [0.15, 0.2) is 71.2 Å². The van der Waals surface area contributed by atoms with Crippen LogP contribution in [0.4, 0.5) is 17.1 Å². The molecule has 124 valence electrons. The number of rotatable bonds is 5. The van der Waals surface area contributed by atoms with Crippen LogP contribution in [0.5, 0.6) is 0 Å². The number of benzene rings is 3. The van der Waals surface area contributed by atoms with Gasteiger partial charge in [-0.1, -0.05) is 40.2 Å². The highest BCUT2D eigenvalue weighted by Gasteiger charge is 2.16. The van der Waals surface area contributed by atoms with Gasteiger partial charge in [-0.3, -0.25) is 10.1 Å². The number of nitro benzene ring substituents is 1. The van der Waals surface area contributed by atoms with Gasteiger partial charge in [0.05, 0.1) is 10.5 Å². The molecule has 2 N–H and O–H groups in total. The SMILES string of the molecule is N=Cc1cc(-c2cc(Br)ccc2[N+](=O)[O-])ccc1Nc1ccccc1. The molecule has 0 aliphatic carbocycles. The monoisotopic (exact) mass is 395 g/mol. The number of anilines is 2. The maximum Gasteiger partial charge on any atom is 0.277 e. The highest BCUT2D eigenvalue weighted by atomic mass is 79.9. The number of nitro groups is 1. The Hall–Kier alpha value is -2.99. The molecule has 0 saturated heterocycles. The normalized spacial score (nSPS) is 10.3. The Kier molecular flexibility index (Phi) is 4.90. The molecule has 0 fully saturated rings. The number of nitrogens with one attached hydrogen (secondary N) is 2. The van der Waals surface area contributed by atoms with E-state index in [-0.39, 0.29) is 5.69 Å². The summed E-state index contributed by atoms with van der Waals surface area (Å²) >= 11 is 3.36. The molecule has 3 aromatic carbocycles. The lowest BCUT2D eigenvalue weighted by molar-refractivity contribution is -0.384. The van der Waals surface area contributed by atoms with Crippen LogP contribution < -0.4 is 5.32 Å². The molecule has 3 rings (SSSR count). The topological polar surface area (TPSA) is 79.0 Å². The number of hydrogen-bond donors (Lipinski definition) is 2. The first-order valence-electron chi connectivity index (χ1n) is 7.49. The second-order valence-corrected chi connectivity index (χ2v) is 6.27. The first kappa shape index (κ1) is 16.9. The van der Waals surface area contributed by atoms with Crippen molar-refractivity contribution in [1.82, 2.24) is 0 Å². The molecule has 0 atom stereocenters. The molecule has 0 aliphatic heterocycles. The Morgan fingerprint density at radius 3 is 2.48 bits per heavy atom. The van der Waals surface area contributed by atoms with E-state index < -0.39 is 4.92 Å². The van der Waals surface area contributed by atoms with Gasteiger partial charge < -0.3 is 10.7 Å². The Bertz CT molecular complexity index is 943. The summed E-state index contributed by atoms with van der Waals surface area (Å²) in [6, 6.07) is 19.9. The minimum Gasteiger partial charge on any atom is -0.355 e. The number of hydrogen-bond acceptors (Lipinski definition) is 4. The van der Waals surface area contributed by atoms with Crippen molar-refractivity contribution in [3.05, 3.63) is 86.9 Å². The third-order valence-corrected chi connectivity index (χ3v) is 4.22. The molecular formula is C19H14BrN3O2. The van der Waals surface area contributed by atoms with E-state index in [9.17, 15) is 10.1 Å². The van der Waals surface area contributed by atoms with Gasteiger partial charge >= 0.3 is 0 Å². The summed E-state index contributed by atoms with van der Waals surface area (Å²) in [7, 11) is 0. The third kappa shape index (κ3) is 3.75. The van der Waals surface area contributed by atoms with Crippen LogP contribution in [-0.4, -0.2) is 11.1 Å². The minimum atomic E-state index is -0.401. The van der Waals surface area contributed by atoms with Crippen LogP contribution in [0.3, 0.4) is 0 Å². The van der Waals surface area contributed by atoms with Crippen molar-refractivity contribution in [3.8, 4) is 11.1 Å². The van der Waals surface area contributed by atoms with Crippen LogP contribution in [0.2, 0.25) is 0 Å². The van der Waals surface area contributed by atoms with E-state index in [1.54, 1.807) is 18.2 Å². The van der Waals surface area contributed by atoms with E-state index in [2.05, 4.69) is 21.2 Å². The zero-order valence-corrected chi connectivity index (χ0v) is 14.7. The van der Waals surface area contributed by atoms with Gasteiger partial charge in [0.1, 0.15) is 0 Å². The summed E-state index contributed by atoms with van der Waals surface area (Å²) in [4.78, 5) is 10.9. The van der Waals surface area contributed by atoms with Gasteiger partial charge in [-0.15, -0.1) is 0 Å². The molecule has 0 radical (unpaired) electrons. The molecule has 0 aliphatic rings. The summed E-state index contributed by atoms with van der Waals surface area (Å²) in [6.45, 7) is 0. The van der Waals surface area contributed by atoms with E-state index in [1.807, 2.05) is 42.5 Å². The van der Waals surface area contributed by atoms with Gasteiger partial charge in [-0.2, -0.15) is 0 Å². The minimum absolute atomic E-state index is 0.0305. The number of halogens is 1. The largest absolute Gasteiger partial charge is 0.355 e. The van der Waals surface area contributed by atoms with Crippen molar-refractivity contribution in [2.24, 2.45) is 0 Å². The number of para-hydroxylation sites is 1. The van der Waals surface area contributed by atoms with E-state index in [4.69, 9.17) is 5.41 Å². The first-order chi connectivity index (χ1) is 12.1. The van der Waals surface area contributed by atoms with Gasteiger partial charge in [0.25, 0.3) is 5.69 Å². The third-order valence-electron chi connectivity index (χ3n) is 3.73. The molecule has 0 unspecified atom stereocenters. The van der Waals surface area contributed by atoms with Crippen LogP contribution >= 0.6 is 15.9 Å². The molecule has 6 heteroatoms. The van der Waals surface area contributed by atoms with Gasteiger partial charge in [-0.05, 0) is 42.0 Å². The Morgan fingerprint density at radius 2 is 1.80 bits per heavy atom. The predicted octanol–water partition coefficient (Wildman–Crippen LogP) is 5.77. The summed E-state index contributed by atoms with van der Waals surface area (Å²) in [5.74, 6) is 0. The fraction of sp³-hybridized carbons (Fsp3) is 0. The average Bonchev–Trinajstić information content (AvgIpc) is 2.62. The van der Waals surface area contributed by atoms with Crippen LogP contribution in [0, 0.1) is 15.5 Å². The lowest BCUT2D eigenvalue weighted by Gasteiger charge is -2.12. The molecule has 0 spiro atoms. The van der Waals surface area contributed by atoms with Crippen molar-refractivity contribution < 1.29 is 4.92 Å². The van der Waals surface area contributed by atoms with Crippen molar-refractivity contribution >= 4 is 39.2 Å². The Labute approximate surface area is 153 Å². The molecular weight excluding hydrogens is 382 g/mol. The van der Waals surface area contributed by atoms with E-state index >= 15 is 0 Å². The van der Waals surface area contributed by atoms with Crippen molar-refractivity contribution in [2.75, 3.05) is 5.32 Å². The molecule has 25 heavy (non-hydrogen) atoms. The van der Waals surface area contributed by atoms with E-state index in [0.717, 1.165) is 15.8 Å². The van der Waals surface area contributed by atoms with Crippen LogP contribution in [-0.2, 0) is 0 Å². The summed E-state index contributed by atoms with van der Waals surface area (Å²) in [5, 5.41) is 22.2. The highest BCUT2D eigenvalue weighted by Crippen LogP contribution is 2.34. The molecule has 0 saturated carbocycles. The summed E-state index contributed by atoms with van der Waals surface area (Å²) in [5.41, 5.74) is 3.55. The molecule has 0 aromatic heterocycles. The summed E-state index contributed by atoms with van der Waals surface area (Å²) < 4.78 is 0.760. The Balaban J connectivity index is 2.04. The first-order valence-corrected chi connectivity index (χ1v) is 8.28. The standard InChI is InChI=1S/C19H14BrN3O2/c20-15-7-9-19(23(24)25)17(11-15)13-6-8-18(14(10-13)12-21)22-16-4-2-1-3-5-16/h1-12,21-22H. The Morgan fingerprint density at radius 1 is 1.04 bits per heavy atom. The highest BCUT2D eigenvalue weighted by molar-refractivity contribution is 9.10. The van der Waals surface area contributed by atoms with Crippen LogP contribution in [0.1, 0.15) is 5.56 Å². The average molecular weight is 396 g/mol. The summed E-state index contributed by atoms with van der Waals surface area (Å²) in [6.07, 6.45) is 1.23. The zero-order chi connectivity index (χ0) is 17.8. The molecule has 0 heterocycles. The second kappa shape index (κ2) is 7.27. The van der Waals surface area contributed by atoms with E-state index in [0.29, 0.717) is 16.7 Å².